The molecule has 96 valence electrons. The van der Waals surface area contributed by atoms with Crippen LogP contribution in [-0.4, -0.2) is 36.6 Å². The van der Waals surface area contributed by atoms with Gasteiger partial charge in [0.1, 0.15) is 5.82 Å². The maximum absolute atomic E-state index is 13.1. The normalized spacial score (nSPS) is 13.0. The number of pyridine rings is 1. The van der Waals surface area contributed by atoms with Crippen LogP contribution in [0.25, 0.3) is 0 Å². The number of rotatable bonds is 7. The summed E-state index contributed by atoms with van der Waals surface area (Å²) >= 11 is 0. The van der Waals surface area contributed by atoms with Gasteiger partial charge in [-0.2, -0.15) is 0 Å². The number of nitrogens with zero attached hydrogens (tertiary/aromatic N) is 2. The van der Waals surface area contributed by atoms with Crippen molar-refractivity contribution in [1.29, 1.82) is 0 Å². The van der Waals surface area contributed by atoms with Crippen molar-refractivity contribution in [3.05, 3.63) is 29.8 Å². The van der Waals surface area contributed by atoms with Crippen molar-refractivity contribution in [2.24, 2.45) is 0 Å². The molecule has 1 aromatic rings. The van der Waals surface area contributed by atoms with Crippen LogP contribution < -0.4 is 5.32 Å². The highest BCUT2D eigenvalue weighted by Crippen LogP contribution is 2.16. The molecule has 0 aliphatic carbocycles. The summed E-state index contributed by atoms with van der Waals surface area (Å²) in [6, 6.07) is 1.72. The third-order valence-corrected chi connectivity index (χ3v) is 3.11. The Morgan fingerprint density at radius 1 is 1.35 bits per heavy atom. The summed E-state index contributed by atoms with van der Waals surface area (Å²) < 4.78 is 13.1. The third kappa shape index (κ3) is 4.40. The van der Waals surface area contributed by atoms with Gasteiger partial charge in [-0.15, -0.1) is 0 Å². The van der Waals surface area contributed by atoms with Crippen LogP contribution in [0.15, 0.2) is 18.5 Å². The van der Waals surface area contributed by atoms with E-state index in [1.807, 2.05) is 7.05 Å². The third-order valence-electron chi connectivity index (χ3n) is 3.11. The van der Waals surface area contributed by atoms with Crippen molar-refractivity contribution in [3.63, 3.8) is 0 Å². The molecule has 4 heteroatoms. The number of hydrogen-bond donors (Lipinski definition) is 1. The van der Waals surface area contributed by atoms with Crippen molar-refractivity contribution in [2.45, 2.75) is 26.3 Å². The first-order valence-electron chi connectivity index (χ1n) is 6.21. The van der Waals surface area contributed by atoms with Gasteiger partial charge in [0.25, 0.3) is 0 Å². The smallest absolute Gasteiger partial charge is 0.141 e. The second-order valence-corrected chi connectivity index (χ2v) is 4.09. The number of halogens is 1. The minimum absolute atomic E-state index is 0.166. The Bertz CT molecular complexity index is 326. The molecule has 1 aromatic heterocycles. The first kappa shape index (κ1) is 14.1. The van der Waals surface area contributed by atoms with Gasteiger partial charge in [-0.3, -0.25) is 4.98 Å². The minimum Gasteiger partial charge on any atom is -0.313 e. The number of aromatic nitrogens is 1. The average molecular weight is 239 g/mol. The van der Waals surface area contributed by atoms with Crippen LogP contribution in [-0.2, 0) is 0 Å². The van der Waals surface area contributed by atoms with Crippen molar-refractivity contribution >= 4 is 0 Å². The quantitative estimate of drug-likeness (QED) is 0.790. The first-order chi connectivity index (χ1) is 8.21. The van der Waals surface area contributed by atoms with E-state index in [9.17, 15) is 4.39 Å². The molecular weight excluding hydrogens is 217 g/mol. The Morgan fingerprint density at radius 3 is 2.59 bits per heavy atom. The lowest BCUT2D eigenvalue weighted by atomic mass is 10.1. The molecule has 3 nitrogen and oxygen atoms in total. The lowest BCUT2D eigenvalue weighted by Gasteiger charge is -2.22. The Morgan fingerprint density at radius 2 is 2.06 bits per heavy atom. The van der Waals surface area contributed by atoms with Gasteiger partial charge in [0.05, 0.1) is 6.20 Å². The molecule has 0 spiro atoms. The molecular formula is C13H22FN3. The lowest BCUT2D eigenvalue weighted by Crippen LogP contribution is -2.28. The summed E-state index contributed by atoms with van der Waals surface area (Å²) in [5.74, 6) is -0.273. The van der Waals surface area contributed by atoms with E-state index in [0.29, 0.717) is 0 Å². The molecule has 0 saturated carbocycles. The van der Waals surface area contributed by atoms with E-state index in [1.165, 1.54) is 6.20 Å². The molecule has 1 heterocycles. The van der Waals surface area contributed by atoms with Gasteiger partial charge in [-0.1, -0.05) is 13.8 Å². The molecule has 1 rings (SSSR count). The van der Waals surface area contributed by atoms with Crippen molar-refractivity contribution in [2.75, 3.05) is 26.7 Å². The maximum atomic E-state index is 13.1. The van der Waals surface area contributed by atoms with E-state index in [0.717, 1.165) is 31.6 Å². The zero-order valence-electron chi connectivity index (χ0n) is 10.9. The fraction of sp³-hybridized carbons (Fsp3) is 0.615. The Kier molecular flexibility index (Phi) is 6.08. The van der Waals surface area contributed by atoms with Crippen LogP contribution in [0, 0.1) is 5.82 Å². The van der Waals surface area contributed by atoms with Crippen LogP contribution in [0.4, 0.5) is 4.39 Å². The van der Waals surface area contributed by atoms with Crippen molar-refractivity contribution in [3.8, 4) is 0 Å². The molecule has 0 saturated heterocycles. The summed E-state index contributed by atoms with van der Waals surface area (Å²) in [7, 11) is 1.90. The summed E-state index contributed by atoms with van der Waals surface area (Å²) in [5, 5.41) is 3.22. The van der Waals surface area contributed by atoms with Crippen LogP contribution in [0.2, 0.25) is 0 Å². The van der Waals surface area contributed by atoms with Gasteiger partial charge in [0.2, 0.25) is 0 Å². The zero-order chi connectivity index (χ0) is 12.7. The van der Waals surface area contributed by atoms with E-state index in [2.05, 4.69) is 29.0 Å². The monoisotopic (exact) mass is 239 g/mol. The van der Waals surface area contributed by atoms with Crippen LogP contribution in [0.3, 0.4) is 0 Å². The standard InChI is InChI=1S/C13H22FN3/c1-4-17(5-2)7-6-13(15-3)11-8-12(14)10-16-9-11/h8-10,13,15H,4-7H2,1-3H3. The Labute approximate surface area is 103 Å². The first-order valence-corrected chi connectivity index (χ1v) is 6.21. The second kappa shape index (κ2) is 7.35. The largest absolute Gasteiger partial charge is 0.313 e. The van der Waals surface area contributed by atoms with Gasteiger partial charge < -0.3 is 10.2 Å². The predicted octanol–water partition coefficient (Wildman–Crippen LogP) is 2.21. The van der Waals surface area contributed by atoms with E-state index in [1.54, 1.807) is 12.3 Å². The van der Waals surface area contributed by atoms with Crippen molar-refractivity contribution < 1.29 is 4.39 Å². The predicted molar refractivity (Wildman–Crippen MR) is 68.4 cm³/mol. The van der Waals surface area contributed by atoms with Gasteiger partial charge >= 0.3 is 0 Å². The Balaban J connectivity index is 2.59. The average Bonchev–Trinajstić information content (AvgIpc) is 2.35. The fourth-order valence-electron chi connectivity index (χ4n) is 1.95. The second-order valence-electron chi connectivity index (χ2n) is 4.09. The maximum Gasteiger partial charge on any atom is 0.141 e. The molecule has 0 amide bonds. The summed E-state index contributed by atoms with van der Waals surface area (Å²) in [5.41, 5.74) is 0.916. The minimum atomic E-state index is -0.273. The summed E-state index contributed by atoms with van der Waals surface area (Å²) in [6.45, 7) is 7.42. The number of nitrogens with one attached hydrogen (secondary N) is 1. The van der Waals surface area contributed by atoms with E-state index < -0.39 is 0 Å². The van der Waals surface area contributed by atoms with Crippen LogP contribution in [0.5, 0.6) is 0 Å². The van der Waals surface area contributed by atoms with Crippen LogP contribution >= 0.6 is 0 Å². The van der Waals surface area contributed by atoms with Crippen molar-refractivity contribution in [1.82, 2.24) is 15.2 Å². The molecule has 17 heavy (non-hydrogen) atoms. The highest BCUT2D eigenvalue weighted by Gasteiger charge is 2.11. The highest BCUT2D eigenvalue weighted by molar-refractivity contribution is 5.14. The highest BCUT2D eigenvalue weighted by atomic mass is 19.1. The SMILES string of the molecule is CCN(CC)CCC(NC)c1cncc(F)c1. The van der Waals surface area contributed by atoms with E-state index in [4.69, 9.17) is 0 Å². The molecule has 0 aliphatic rings. The molecule has 0 bridgehead atoms. The van der Waals surface area contributed by atoms with E-state index >= 15 is 0 Å². The molecule has 0 aliphatic heterocycles. The molecule has 0 fully saturated rings. The topological polar surface area (TPSA) is 28.2 Å². The fourth-order valence-corrected chi connectivity index (χ4v) is 1.95. The number of hydrogen-bond acceptors (Lipinski definition) is 3. The molecule has 0 radical (unpaired) electrons. The Hall–Kier alpha value is -1.00. The van der Waals surface area contributed by atoms with E-state index in [-0.39, 0.29) is 11.9 Å². The van der Waals surface area contributed by atoms with Gasteiger partial charge in [0.15, 0.2) is 0 Å². The zero-order valence-corrected chi connectivity index (χ0v) is 10.9. The summed E-state index contributed by atoms with van der Waals surface area (Å²) in [4.78, 5) is 6.25. The summed E-state index contributed by atoms with van der Waals surface area (Å²) in [6.07, 6.45) is 3.93. The van der Waals surface area contributed by atoms with Gasteiger partial charge in [0, 0.05) is 12.2 Å². The van der Waals surface area contributed by atoms with Gasteiger partial charge in [-0.25, -0.2) is 4.39 Å². The lowest BCUT2D eigenvalue weighted by molar-refractivity contribution is 0.284. The molecule has 1 N–H and O–H groups in total. The van der Waals surface area contributed by atoms with Crippen LogP contribution in [0.1, 0.15) is 31.9 Å². The molecule has 0 aromatic carbocycles. The molecule has 1 unspecified atom stereocenters. The van der Waals surface area contributed by atoms with Gasteiger partial charge in [-0.05, 0) is 44.7 Å². The molecule has 1 atom stereocenters.